The van der Waals surface area contributed by atoms with Crippen LogP contribution in [0.2, 0.25) is 0 Å². The van der Waals surface area contributed by atoms with E-state index in [1.54, 1.807) is 0 Å². The van der Waals surface area contributed by atoms with Crippen LogP contribution in [0.15, 0.2) is 0 Å². The Morgan fingerprint density at radius 3 is 2.52 bits per heavy atom. The molecule has 0 aromatic rings. The molecule has 2 bridgehead atoms. The predicted molar refractivity (Wildman–Crippen MR) is 70.4 cm³/mol. The lowest BCUT2D eigenvalue weighted by atomic mass is 9.52. The van der Waals surface area contributed by atoms with E-state index in [9.17, 15) is 15.8 Å². The predicted octanol–water partition coefficient (Wildman–Crippen LogP) is 2.23. The van der Waals surface area contributed by atoms with E-state index in [1.807, 2.05) is 19.1 Å². The van der Waals surface area contributed by atoms with E-state index < -0.39 is 28.6 Å². The first kappa shape index (κ1) is 13.9. The van der Waals surface area contributed by atoms with E-state index in [0.29, 0.717) is 19.3 Å². The third-order valence-electron chi connectivity index (χ3n) is 5.30. The Morgan fingerprint density at radius 1 is 1.24 bits per heavy atom. The van der Waals surface area contributed by atoms with Crippen LogP contribution in [0.1, 0.15) is 39.0 Å². The molecule has 0 radical (unpaired) electrons. The fourth-order valence-electron chi connectivity index (χ4n) is 4.35. The molecule has 0 amide bonds. The normalized spacial score (nSPS) is 42.9. The van der Waals surface area contributed by atoms with Crippen molar-refractivity contribution in [3.63, 3.8) is 0 Å². The summed E-state index contributed by atoms with van der Waals surface area (Å²) < 4.78 is 11.8. The van der Waals surface area contributed by atoms with Crippen molar-refractivity contribution < 1.29 is 9.47 Å². The van der Waals surface area contributed by atoms with Crippen LogP contribution in [0, 0.1) is 56.2 Å². The average molecular weight is 284 g/mol. The monoisotopic (exact) mass is 284 g/mol. The molecule has 2 saturated heterocycles. The van der Waals surface area contributed by atoms with Crippen LogP contribution < -0.4 is 0 Å². The second kappa shape index (κ2) is 4.20. The Kier molecular flexibility index (Phi) is 2.77. The summed E-state index contributed by atoms with van der Waals surface area (Å²) >= 11 is 0. The number of hydrogen-bond acceptors (Lipinski definition) is 6. The highest BCUT2D eigenvalue weighted by molar-refractivity contribution is 5.89. The van der Waals surface area contributed by atoms with Crippen LogP contribution in [0.4, 0.5) is 0 Å². The molecule has 4 atom stereocenters. The molecule has 2 heterocycles. The maximum atomic E-state index is 9.86. The molecule has 21 heavy (non-hydrogen) atoms. The summed E-state index contributed by atoms with van der Waals surface area (Å²) in [5.41, 5.74) is -3.20. The van der Waals surface area contributed by atoms with Crippen molar-refractivity contribution in [2.75, 3.05) is 0 Å². The van der Waals surface area contributed by atoms with Crippen LogP contribution >= 0.6 is 0 Å². The molecular formula is C15H16N4O2. The van der Waals surface area contributed by atoms with E-state index in [-0.39, 0.29) is 5.90 Å². The van der Waals surface area contributed by atoms with Gasteiger partial charge in [0, 0.05) is 6.42 Å². The SMILES string of the molecule is CC[C@@H]1O[C@@]23CCCC[C@@H]2[C@@](C#N)(C(=N)O3)C1(C#N)C#N. The Labute approximate surface area is 123 Å². The Hall–Kier alpha value is -2.10. The molecule has 6 nitrogen and oxygen atoms in total. The highest BCUT2D eigenvalue weighted by atomic mass is 16.7. The van der Waals surface area contributed by atoms with Gasteiger partial charge in [-0.3, -0.25) is 5.41 Å². The van der Waals surface area contributed by atoms with Gasteiger partial charge in [-0.05, 0) is 19.3 Å². The lowest BCUT2D eigenvalue weighted by Crippen LogP contribution is -2.63. The van der Waals surface area contributed by atoms with Gasteiger partial charge in [0.05, 0.1) is 30.2 Å². The summed E-state index contributed by atoms with van der Waals surface area (Å²) in [7, 11) is 0. The smallest absolute Gasteiger partial charge is 0.217 e. The molecule has 1 saturated carbocycles. The van der Waals surface area contributed by atoms with Crippen molar-refractivity contribution in [3.8, 4) is 18.2 Å². The minimum absolute atomic E-state index is 0.268. The molecule has 3 rings (SSSR count). The maximum Gasteiger partial charge on any atom is 0.217 e. The molecule has 6 heteroatoms. The van der Waals surface area contributed by atoms with Gasteiger partial charge in [0.2, 0.25) is 11.7 Å². The van der Waals surface area contributed by atoms with E-state index >= 15 is 0 Å². The molecular weight excluding hydrogens is 268 g/mol. The van der Waals surface area contributed by atoms with Crippen molar-refractivity contribution in [2.45, 2.75) is 50.9 Å². The van der Waals surface area contributed by atoms with Crippen molar-refractivity contribution in [2.24, 2.45) is 16.7 Å². The van der Waals surface area contributed by atoms with Gasteiger partial charge < -0.3 is 9.47 Å². The van der Waals surface area contributed by atoms with Gasteiger partial charge in [0.1, 0.15) is 0 Å². The maximum absolute atomic E-state index is 9.86. The van der Waals surface area contributed by atoms with E-state index in [1.165, 1.54) is 0 Å². The van der Waals surface area contributed by atoms with Crippen molar-refractivity contribution >= 4 is 5.90 Å². The number of nitrogens with zero attached hydrogens (tertiary/aromatic N) is 3. The zero-order valence-corrected chi connectivity index (χ0v) is 11.8. The van der Waals surface area contributed by atoms with E-state index in [0.717, 1.165) is 12.8 Å². The first-order valence-corrected chi connectivity index (χ1v) is 7.26. The molecule has 1 aliphatic carbocycles. The van der Waals surface area contributed by atoms with Gasteiger partial charge in [-0.15, -0.1) is 0 Å². The minimum Gasteiger partial charge on any atom is -0.447 e. The molecule has 0 unspecified atom stereocenters. The third-order valence-corrected chi connectivity index (χ3v) is 5.30. The lowest BCUT2D eigenvalue weighted by molar-refractivity contribution is -0.291. The summed E-state index contributed by atoms with van der Waals surface area (Å²) in [6.45, 7) is 1.82. The highest BCUT2D eigenvalue weighted by Gasteiger charge is 2.79. The fraction of sp³-hybridized carbons (Fsp3) is 0.733. The van der Waals surface area contributed by atoms with Gasteiger partial charge in [-0.1, -0.05) is 13.3 Å². The van der Waals surface area contributed by atoms with Crippen molar-refractivity contribution in [3.05, 3.63) is 0 Å². The first-order valence-electron chi connectivity index (χ1n) is 7.26. The minimum atomic E-state index is -1.68. The second-order valence-electron chi connectivity index (χ2n) is 6.01. The van der Waals surface area contributed by atoms with Gasteiger partial charge in [0.15, 0.2) is 10.8 Å². The van der Waals surface area contributed by atoms with Crippen molar-refractivity contribution in [1.82, 2.24) is 0 Å². The summed E-state index contributed by atoms with van der Waals surface area (Å²) in [5, 5.41) is 37.5. The van der Waals surface area contributed by atoms with E-state index in [2.05, 4.69) is 6.07 Å². The van der Waals surface area contributed by atoms with Gasteiger partial charge >= 0.3 is 0 Å². The van der Waals surface area contributed by atoms with Crippen LogP contribution in [-0.2, 0) is 9.47 Å². The number of nitrogens with one attached hydrogen (secondary N) is 1. The highest BCUT2D eigenvalue weighted by Crippen LogP contribution is 2.66. The second-order valence-corrected chi connectivity index (χ2v) is 6.01. The standard InChI is InChI=1S/C15H16N4O2/c1-2-11-13(7-16,8-17)14(9-18)10-5-3-4-6-15(10,20-11)21-12(14)19/h10-11,19H,2-6H2,1H3/t10-,11+,14+,15-/m1/s1. The number of nitriles is 3. The van der Waals surface area contributed by atoms with Gasteiger partial charge in [-0.2, -0.15) is 15.8 Å². The molecule has 3 aliphatic rings. The van der Waals surface area contributed by atoms with Crippen LogP contribution in [0.5, 0.6) is 0 Å². The van der Waals surface area contributed by atoms with Crippen LogP contribution in [-0.4, -0.2) is 17.8 Å². The molecule has 2 aliphatic heterocycles. The molecule has 0 aromatic heterocycles. The van der Waals surface area contributed by atoms with Crippen molar-refractivity contribution in [1.29, 1.82) is 21.2 Å². The average Bonchev–Trinajstić information content (AvgIpc) is 2.72. The Morgan fingerprint density at radius 2 is 1.95 bits per heavy atom. The zero-order valence-electron chi connectivity index (χ0n) is 11.8. The van der Waals surface area contributed by atoms with E-state index in [4.69, 9.17) is 14.9 Å². The Bertz CT molecular complexity index is 611. The molecule has 3 fully saturated rings. The molecule has 108 valence electrons. The Balaban J connectivity index is 2.30. The first-order chi connectivity index (χ1) is 10.1. The number of hydrogen-bond donors (Lipinski definition) is 1. The summed E-state index contributed by atoms with van der Waals surface area (Å²) in [6.07, 6.45) is 2.73. The molecule has 1 N–H and O–H groups in total. The molecule has 0 aromatic carbocycles. The topological polar surface area (TPSA) is 114 Å². The van der Waals surface area contributed by atoms with Gasteiger partial charge in [0.25, 0.3) is 0 Å². The lowest BCUT2D eigenvalue weighted by Gasteiger charge is -2.51. The van der Waals surface area contributed by atoms with Crippen LogP contribution in [0.25, 0.3) is 0 Å². The number of rotatable bonds is 1. The summed E-state index contributed by atoms with van der Waals surface area (Å²) in [5.74, 6) is -1.68. The molecule has 0 spiro atoms. The largest absolute Gasteiger partial charge is 0.447 e. The van der Waals surface area contributed by atoms with Crippen LogP contribution in [0.3, 0.4) is 0 Å². The quantitative estimate of drug-likeness (QED) is 0.793. The fourth-order valence-corrected chi connectivity index (χ4v) is 4.35. The summed E-state index contributed by atoms with van der Waals surface area (Å²) in [4.78, 5) is 0. The number of ether oxygens (including phenoxy) is 2. The van der Waals surface area contributed by atoms with Gasteiger partial charge in [-0.25, -0.2) is 0 Å². The zero-order chi connectivity index (χ0) is 15.3. The third kappa shape index (κ3) is 1.26. The summed E-state index contributed by atoms with van der Waals surface area (Å²) in [6, 6.07) is 6.17.